The molecule has 3 heteroatoms. The van der Waals surface area contributed by atoms with Crippen molar-refractivity contribution in [2.24, 2.45) is 0 Å². The third kappa shape index (κ3) is 8.26. The molecule has 234 valence electrons. The molecule has 0 spiro atoms. The van der Waals surface area contributed by atoms with E-state index >= 15 is 0 Å². The first-order valence-corrected chi connectivity index (χ1v) is 16.3. The van der Waals surface area contributed by atoms with Crippen molar-refractivity contribution < 1.29 is 0 Å². The Hall–Kier alpha value is -5.93. The molecule has 48 heavy (non-hydrogen) atoms. The lowest BCUT2D eigenvalue weighted by molar-refractivity contribution is 0.590. The average molecular weight is 622 g/mol. The number of hydrogen-bond acceptors (Lipinski definition) is 3. The second kappa shape index (κ2) is 15.1. The normalized spacial score (nSPS) is 10.8. The maximum absolute atomic E-state index is 4.74. The van der Waals surface area contributed by atoms with Gasteiger partial charge in [0.2, 0.25) is 0 Å². The highest BCUT2D eigenvalue weighted by Crippen LogP contribution is 2.26. The molecule has 0 saturated heterocycles. The van der Waals surface area contributed by atoms with Crippen molar-refractivity contribution in [3.05, 3.63) is 188 Å². The van der Waals surface area contributed by atoms with E-state index in [9.17, 15) is 0 Å². The predicted molar refractivity (Wildman–Crippen MR) is 203 cm³/mol. The first-order chi connectivity index (χ1) is 23.4. The van der Waals surface area contributed by atoms with Crippen LogP contribution >= 0.6 is 0 Å². The molecule has 5 aromatic carbocycles. The molecule has 0 unspecified atom stereocenters. The Balaban J connectivity index is 0.000000129. The molecule has 0 aliphatic carbocycles. The Morgan fingerprint density at radius 3 is 1.27 bits per heavy atom. The van der Waals surface area contributed by atoms with Crippen LogP contribution in [0.2, 0.25) is 0 Å². The molecule has 3 heterocycles. The zero-order valence-electron chi connectivity index (χ0n) is 27.7. The van der Waals surface area contributed by atoms with E-state index in [2.05, 4.69) is 122 Å². The molecule has 3 aromatic heterocycles. The smallest absolute Gasteiger partial charge is 0.0709 e. The minimum absolute atomic E-state index is 0.190. The largest absolute Gasteiger partial charge is 0.256 e. The van der Waals surface area contributed by atoms with Crippen LogP contribution in [0.15, 0.2) is 182 Å². The quantitative estimate of drug-likeness (QED) is 0.197. The van der Waals surface area contributed by atoms with Gasteiger partial charge in [-0.15, -0.1) is 0 Å². The summed E-state index contributed by atoms with van der Waals surface area (Å²) >= 11 is 0. The van der Waals surface area contributed by atoms with E-state index in [1.807, 2.05) is 91.1 Å². The Kier molecular flexibility index (Phi) is 10.1. The van der Waals surface area contributed by atoms with E-state index in [-0.39, 0.29) is 5.41 Å². The third-order valence-electron chi connectivity index (χ3n) is 8.05. The number of fused-ring (bicyclic) bond motifs is 2. The van der Waals surface area contributed by atoms with Crippen LogP contribution in [0.25, 0.3) is 55.6 Å². The molecule has 0 radical (unpaired) electrons. The number of aromatic nitrogens is 3. The van der Waals surface area contributed by atoms with Gasteiger partial charge in [-0.3, -0.25) is 4.98 Å². The first-order valence-electron chi connectivity index (χ1n) is 16.3. The van der Waals surface area contributed by atoms with Crippen molar-refractivity contribution in [3.8, 4) is 33.8 Å². The lowest BCUT2D eigenvalue weighted by Crippen LogP contribution is -2.10. The molecule has 8 rings (SSSR count). The summed E-state index contributed by atoms with van der Waals surface area (Å²) in [6, 6.07) is 59.9. The Labute approximate surface area is 283 Å². The molecule has 0 atom stereocenters. The fourth-order valence-electron chi connectivity index (χ4n) is 5.35. The highest BCUT2D eigenvalue weighted by molar-refractivity contribution is 5.82. The van der Waals surface area contributed by atoms with Gasteiger partial charge in [-0.05, 0) is 47.4 Å². The van der Waals surface area contributed by atoms with Crippen LogP contribution in [0.5, 0.6) is 0 Å². The summed E-state index contributed by atoms with van der Waals surface area (Å²) in [4.78, 5) is 13.6. The minimum atomic E-state index is 0.190. The van der Waals surface area contributed by atoms with Gasteiger partial charge in [0.15, 0.2) is 0 Å². The van der Waals surface area contributed by atoms with Gasteiger partial charge in [-0.1, -0.05) is 160 Å². The summed E-state index contributed by atoms with van der Waals surface area (Å²) in [6.07, 6.45) is 1.81. The van der Waals surface area contributed by atoms with E-state index in [1.165, 1.54) is 21.9 Å². The van der Waals surface area contributed by atoms with Crippen molar-refractivity contribution in [1.29, 1.82) is 0 Å². The van der Waals surface area contributed by atoms with E-state index in [4.69, 9.17) is 4.98 Å². The molecule has 0 aliphatic heterocycles. The van der Waals surface area contributed by atoms with Gasteiger partial charge in [0, 0.05) is 33.7 Å². The van der Waals surface area contributed by atoms with Gasteiger partial charge < -0.3 is 0 Å². The molecule has 0 N–H and O–H groups in total. The summed E-state index contributed by atoms with van der Waals surface area (Å²) in [5, 5.41) is 2.37. The van der Waals surface area contributed by atoms with Crippen molar-refractivity contribution in [3.63, 3.8) is 0 Å². The molecule has 0 amide bonds. The number of hydrogen-bond donors (Lipinski definition) is 0. The molecule has 0 saturated carbocycles. The van der Waals surface area contributed by atoms with Crippen LogP contribution in [0.4, 0.5) is 0 Å². The fraction of sp³-hybridized carbons (Fsp3) is 0.0889. The molecule has 0 bridgehead atoms. The van der Waals surface area contributed by atoms with Crippen molar-refractivity contribution in [2.75, 3.05) is 0 Å². The van der Waals surface area contributed by atoms with Crippen LogP contribution in [0.1, 0.15) is 26.3 Å². The zero-order chi connectivity index (χ0) is 33.2. The summed E-state index contributed by atoms with van der Waals surface area (Å²) in [5.74, 6) is 0. The van der Waals surface area contributed by atoms with Crippen LogP contribution in [-0.4, -0.2) is 15.0 Å². The topological polar surface area (TPSA) is 38.7 Å². The van der Waals surface area contributed by atoms with Gasteiger partial charge >= 0.3 is 0 Å². The first kappa shape index (κ1) is 32.0. The summed E-state index contributed by atoms with van der Waals surface area (Å²) in [7, 11) is 0. The summed E-state index contributed by atoms with van der Waals surface area (Å²) in [5.41, 5.74) is 10.2. The van der Waals surface area contributed by atoms with Crippen molar-refractivity contribution in [1.82, 2.24) is 15.0 Å². The second-order valence-corrected chi connectivity index (χ2v) is 12.6. The molecular formula is C45H39N3. The van der Waals surface area contributed by atoms with E-state index in [1.54, 1.807) is 0 Å². The molecule has 0 fully saturated rings. The van der Waals surface area contributed by atoms with Crippen LogP contribution in [0, 0.1) is 0 Å². The van der Waals surface area contributed by atoms with Gasteiger partial charge in [0.05, 0.1) is 28.1 Å². The van der Waals surface area contributed by atoms with E-state index < -0.39 is 0 Å². The Morgan fingerprint density at radius 2 is 0.792 bits per heavy atom. The number of para-hydroxylation sites is 2. The zero-order valence-corrected chi connectivity index (χ0v) is 27.7. The fourth-order valence-corrected chi connectivity index (χ4v) is 5.35. The maximum Gasteiger partial charge on any atom is 0.0709 e. The van der Waals surface area contributed by atoms with Crippen molar-refractivity contribution >= 4 is 21.8 Å². The van der Waals surface area contributed by atoms with Crippen LogP contribution in [-0.2, 0) is 5.41 Å². The lowest BCUT2D eigenvalue weighted by atomic mass is 9.86. The molecular weight excluding hydrogens is 583 g/mol. The van der Waals surface area contributed by atoms with E-state index in [0.717, 1.165) is 39.2 Å². The van der Waals surface area contributed by atoms with Crippen molar-refractivity contribution in [2.45, 2.75) is 26.2 Å². The SMILES string of the molecule is CC(C)(C)c1ccc(-c2ccc3ccccc3n2)cc1.c1ccc(-c2ccc3ccccc3n2)cc1.c1ccc(-c2ccccn2)cc1. The predicted octanol–water partition coefficient (Wildman–Crippen LogP) is 11.8. The monoisotopic (exact) mass is 621 g/mol. The molecule has 8 aromatic rings. The third-order valence-corrected chi connectivity index (χ3v) is 8.05. The second-order valence-electron chi connectivity index (χ2n) is 12.6. The Morgan fingerprint density at radius 1 is 0.354 bits per heavy atom. The number of nitrogens with zero attached hydrogens (tertiary/aromatic N) is 3. The van der Waals surface area contributed by atoms with Gasteiger partial charge in [-0.2, -0.15) is 0 Å². The summed E-state index contributed by atoms with van der Waals surface area (Å²) < 4.78 is 0. The lowest BCUT2D eigenvalue weighted by Gasteiger charge is -2.19. The highest BCUT2D eigenvalue weighted by Gasteiger charge is 2.13. The highest BCUT2D eigenvalue weighted by atomic mass is 14.7. The number of rotatable bonds is 3. The number of pyridine rings is 3. The van der Waals surface area contributed by atoms with Gasteiger partial charge in [-0.25, -0.2) is 9.97 Å². The Bertz CT molecular complexity index is 2150. The summed E-state index contributed by atoms with van der Waals surface area (Å²) in [6.45, 7) is 6.70. The van der Waals surface area contributed by atoms with Crippen LogP contribution < -0.4 is 0 Å². The minimum Gasteiger partial charge on any atom is -0.256 e. The average Bonchev–Trinajstić information content (AvgIpc) is 3.16. The maximum atomic E-state index is 4.74. The van der Waals surface area contributed by atoms with Gasteiger partial charge in [0.25, 0.3) is 0 Å². The van der Waals surface area contributed by atoms with Crippen LogP contribution in [0.3, 0.4) is 0 Å². The number of benzene rings is 5. The molecule has 3 nitrogen and oxygen atoms in total. The molecule has 0 aliphatic rings. The van der Waals surface area contributed by atoms with Gasteiger partial charge in [0.1, 0.15) is 0 Å². The van der Waals surface area contributed by atoms with E-state index in [0.29, 0.717) is 0 Å². The standard InChI is InChI=1S/C19H19N.C15H11N.C11H9N/c1-19(2,3)16-11-8-15(9-12-16)18-13-10-14-6-4-5-7-17(14)20-18;1-2-6-12(7-3-1)15-11-10-13-8-4-5-9-14(13)16-15;1-2-6-10(7-3-1)11-8-4-5-9-12-11/h4-13H,1-3H3;1-11H;1-9H.